The van der Waals surface area contributed by atoms with Gasteiger partial charge in [0.15, 0.2) is 11.5 Å². The molecule has 0 bridgehead atoms. The molecule has 1 aliphatic heterocycles. The van der Waals surface area contributed by atoms with Gasteiger partial charge in [0.2, 0.25) is 15.9 Å². The van der Waals surface area contributed by atoms with Gasteiger partial charge in [-0.05, 0) is 31.4 Å². The Kier molecular flexibility index (Phi) is 9.49. The summed E-state index contributed by atoms with van der Waals surface area (Å²) < 4.78 is 37.6. The van der Waals surface area contributed by atoms with Crippen molar-refractivity contribution < 1.29 is 22.7 Å². The van der Waals surface area contributed by atoms with Gasteiger partial charge >= 0.3 is 0 Å². The van der Waals surface area contributed by atoms with Crippen molar-refractivity contribution >= 4 is 28.3 Å². The van der Waals surface area contributed by atoms with E-state index in [1.807, 2.05) is 6.92 Å². The molecule has 0 aromatic heterocycles. The molecule has 10 heteroatoms. The van der Waals surface area contributed by atoms with Crippen molar-refractivity contribution in [2.24, 2.45) is 5.73 Å². The second-order valence-electron chi connectivity index (χ2n) is 6.60. The second kappa shape index (κ2) is 10.8. The average Bonchev–Trinajstić information content (AvgIpc) is 2.67. The fourth-order valence-corrected chi connectivity index (χ4v) is 4.60. The average molecular weight is 436 g/mol. The summed E-state index contributed by atoms with van der Waals surface area (Å²) in [7, 11) is -0.675. The molecular weight excluding hydrogens is 406 g/mol. The predicted molar refractivity (Wildman–Crippen MR) is 110 cm³/mol. The van der Waals surface area contributed by atoms with Crippen LogP contribution >= 0.6 is 12.4 Å². The molecule has 1 atom stereocenters. The lowest BCUT2D eigenvalue weighted by atomic mass is 10.1. The van der Waals surface area contributed by atoms with Crippen molar-refractivity contribution in [3.05, 3.63) is 18.2 Å². The van der Waals surface area contributed by atoms with E-state index in [2.05, 4.69) is 5.32 Å². The number of hydrogen-bond donors (Lipinski definition) is 2. The van der Waals surface area contributed by atoms with Crippen LogP contribution in [0.1, 0.15) is 32.6 Å². The van der Waals surface area contributed by atoms with E-state index in [-0.39, 0.29) is 29.3 Å². The minimum absolute atomic E-state index is 0. The highest BCUT2D eigenvalue weighted by Crippen LogP contribution is 2.31. The quantitative estimate of drug-likeness (QED) is 0.640. The van der Waals surface area contributed by atoms with Crippen LogP contribution in [0.5, 0.6) is 11.5 Å². The number of amides is 1. The van der Waals surface area contributed by atoms with Crippen LogP contribution in [0.4, 0.5) is 0 Å². The number of ether oxygens (including phenoxy) is 2. The van der Waals surface area contributed by atoms with Gasteiger partial charge in [0, 0.05) is 25.2 Å². The molecule has 0 radical (unpaired) electrons. The number of rotatable bonds is 8. The summed E-state index contributed by atoms with van der Waals surface area (Å²) in [5.41, 5.74) is 5.83. The molecule has 3 N–H and O–H groups in total. The van der Waals surface area contributed by atoms with E-state index in [1.54, 1.807) is 6.07 Å². The maximum Gasteiger partial charge on any atom is 0.243 e. The maximum atomic E-state index is 12.9. The third-order valence-corrected chi connectivity index (χ3v) is 6.62. The molecule has 0 aliphatic carbocycles. The topological polar surface area (TPSA) is 111 Å². The van der Waals surface area contributed by atoms with Crippen molar-refractivity contribution in [1.82, 2.24) is 9.62 Å². The number of nitrogens with one attached hydrogen (secondary N) is 1. The Hall–Kier alpha value is -1.55. The van der Waals surface area contributed by atoms with Crippen molar-refractivity contribution in [1.29, 1.82) is 0 Å². The molecule has 1 saturated heterocycles. The molecule has 160 valence electrons. The summed E-state index contributed by atoms with van der Waals surface area (Å²) in [6.07, 6.45) is 2.59. The number of carbonyl (C=O) groups is 1. The largest absolute Gasteiger partial charge is 0.493 e. The number of nitrogens with zero attached hydrogens (tertiary/aromatic N) is 1. The standard InChI is InChI=1S/C18H29N3O5S.ClH/c1-4-5-15(19)18(22)20-13-8-10-21(11-9-13)27(23,24)14-6-7-16(25-2)17(12-14)26-3;/h6-7,12-13,15H,4-5,8-11,19H2,1-3H3,(H,20,22);1H. The Balaban J connectivity index is 0.00000392. The molecule has 1 unspecified atom stereocenters. The first-order valence-corrected chi connectivity index (χ1v) is 10.6. The smallest absolute Gasteiger partial charge is 0.243 e. The third-order valence-electron chi connectivity index (χ3n) is 4.73. The Morgan fingerprint density at radius 1 is 1.25 bits per heavy atom. The number of halogens is 1. The predicted octanol–water partition coefficient (Wildman–Crippen LogP) is 1.52. The van der Waals surface area contributed by atoms with Crippen LogP contribution in [0, 0.1) is 0 Å². The highest BCUT2D eigenvalue weighted by atomic mass is 35.5. The Bertz CT molecular complexity index is 752. The van der Waals surface area contributed by atoms with Gasteiger partial charge in [0.25, 0.3) is 0 Å². The molecule has 1 aromatic carbocycles. The van der Waals surface area contributed by atoms with Gasteiger partial charge in [0.1, 0.15) is 0 Å². The van der Waals surface area contributed by atoms with Gasteiger partial charge in [-0.25, -0.2) is 8.42 Å². The highest BCUT2D eigenvalue weighted by Gasteiger charge is 2.31. The lowest BCUT2D eigenvalue weighted by Gasteiger charge is -2.32. The second-order valence-corrected chi connectivity index (χ2v) is 8.54. The van der Waals surface area contributed by atoms with Crippen molar-refractivity contribution in [3.8, 4) is 11.5 Å². The molecule has 1 fully saturated rings. The van der Waals surface area contributed by atoms with Crippen LogP contribution in [-0.4, -0.2) is 58.0 Å². The van der Waals surface area contributed by atoms with Gasteiger partial charge in [-0.2, -0.15) is 4.31 Å². The van der Waals surface area contributed by atoms with E-state index in [0.717, 1.165) is 6.42 Å². The molecule has 1 aliphatic rings. The van der Waals surface area contributed by atoms with Gasteiger partial charge in [-0.3, -0.25) is 4.79 Å². The van der Waals surface area contributed by atoms with Crippen molar-refractivity contribution in [2.75, 3.05) is 27.3 Å². The van der Waals surface area contributed by atoms with Crippen LogP contribution in [-0.2, 0) is 14.8 Å². The Labute approximate surface area is 173 Å². The SMILES string of the molecule is CCCC(N)C(=O)NC1CCN(S(=O)(=O)c2ccc(OC)c(OC)c2)CC1.Cl. The first-order valence-electron chi connectivity index (χ1n) is 9.11. The van der Waals surface area contributed by atoms with E-state index in [4.69, 9.17) is 15.2 Å². The summed E-state index contributed by atoms with van der Waals surface area (Å²) in [5, 5.41) is 2.93. The van der Waals surface area contributed by atoms with Crippen molar-refractivity contribution in [2.45, 2.75) is 49.6 Å². The van der Waals surface area contributed by atoms with E-state index in [1.165, 1.54) is 30.7 Å². The van der Waals surface area contributed by atoms with E-state index in [0.29, 0.717) is 43.9 Å². The molecule has 2 rings (SSSR count). The minimum Gasteiger partial charge on any atom is -0.493 e. The van der Waals surface area contributed by atoms with Crippen molar-refractivity contribution in [3.63, 3.8) is 0 Å². The van der Waals surface area contributed by atoms with Gasteiger partial charge < -0.3 is 20.5 Å². The monoisotopic (exact) mass is 435 g/mol. The third kappa shape index (κ3) is 5.73. The van der Waals surface area contributed by atoms with Gasteiger partial charge in [-0.1, -0.05) is 13.3 Å². The molecule has 1 amide bonds. The molecule has 28 heavy (non-hydrogen) atoms. The fourth-order valence-electron chi connectivity index (χ4n) is 3.12. The molecule has 0 spiro atoms. The van der Waals surface area contributed by atoms with Crippen LogP contribution < -0.4 is 20.5 Å². The summed E-state index contributed by atoms with van der Waals surface area (Å²) in [6.45, 7) is 2.65. The van der Waals surface area contributed by atoms with Gasteiger partial charge in [-0.15, -0.1) is 12.4 Å². The summed E-state index contributed by atoms with van der Waals surface area (Å²) in [5.74, 6) is 0.671. The molecule has 1 aromatic rings. The number of hydrogen-bond acceptors (Lipinski definition) is 6. The zero-order chi connectivity index (χ0) is 20.0. The first-order chi connectivity index (χ1) is 12.8. The molecule has 1 heterocycles. The first kappa shape index (κ1) is 24.5. The number of sulfonamides is 1. The van der Waals surface area contributed by atoms with Crippen LogP contribution in [0.25, 0.3) is 0 Å². The molecule has 8 nitrogen and oxygen atoms in total. The normalized spacial score (nSPS) is 16.7. The van der Waals surface area contributed by atoms with E-state index in [9.17, 15) is 13.2 Å². The van der Waals surface area contributed by atoms with Crippen LogP contribution in [0.15, 0.2) is 23.1 Å². The fraction of sp³-hybridized carbons (Fsp3) is 0.611. The summed E-state index contributed by atoms with van der Waals surface area (Å²) in [4.78, 5) is 12.2. The van der Waals surface area contributed by atoms with Crippen LogP contribution in [0.3, 0.4) is 0 Å². The number of benzene rings is 1. The lowest BCUT2D eigenvalue weighted by Crippen LogP contribution is -2.50. The zero-order valence-corrected chi connectivity index (χ0v) is 18.1. The Morgan fingerprint density at radius 2 is 1.86 bits per heavy atom. The van der Waals surface area contributed by atoms with Crippen LogP contribution in [0.2, 0.25) is 0 Å². The highest BCUT2D eigenvalue weighted by molar-refractivity contribution is 7.89. The van der Waals surface area contributed by atoms with E-state index >= 15 is 0 Å². The lowest BCUT2D eigenvalue weighted by molar-refractivity contribution is -0.123. The zero-order valence-electron chi connectivity index (χ0n) is 16.5. The summed E-state index contributed by atoms with van der Waals surface area (Å²) >= 11 is 0. The van der Waals surface area contributed by atoms with E-state index < -0.39 is 16.1 Å². The summed E-state index contributed by atoms with van der Waals surface area (Å²) in [6, 6.07) is 3.98. The number of piperidine rings is 1. The Morgan fingerprint density at radius 3 is 2.39 bits per heavy atom. The van der Waals surface area contributed by atoms with Gasteiger partial charge in [0.05, 0.1) is 25.2 Å². The maximum absolute atomic E-state index is 12.9. The number of nitrogens with two attached hydrogens (primary N) is 1. The minimum atomic E-state index is -3.64. The number of methoxy groups -OCH3 is 2. The number of carbonyl (C=O) groups excluding carboxylic acids is 1. The molecular formula is C18H30ClN3O5S. The molecule has 0 saturated carbocycles.